The maximum atomic E-state index is 10.2. The molecular formula is C4H6NO3. The molecule has 4 nitrogen and oxygen atoms in total. The Balaban J connectivity index is 3.11. The quantitative estimate of drug-likeness (QED) is 0.504. The lowest BCUT2D eigenvalue weighted by atomic mass is 10.7. The SMILES string of the molecule is CNC(=O)CO[C]=O. The van der Waals surface area contributed by atoms with E-state index in [0.717, 1.165) is 6.47 Å². The van der Waals surface area contributed by atoms with Crippen LogP contribution in [-0.2, 0) is 14.3 Å². The van der Waals surface area contributed by atoms with Crippen molar-refractivity contribution in [3.8, 4) is 0 Å². The molecule has 45 valence electrons. The molecule has 0 aliphatic rings. The van der Waals surface area contributed by atoms with Gasteiger partial charge in [-0.1, -0.05) is 0 Å². The highest BCUT2D eigenvalue weighted by Gasteiger charge is 1.93. The topological polar surface area (TPSA) is 55.4 Å². The predicted octanol–water partition coefficient (Wildman–Crippen LogP) is -1.18. The highest BCUT2D eigenvalue weighted by Crippen LogP contribution is 1.64. The minimum Gasteiger partial charge on any atom is -0.447 e. The highest BCUT2D eigenvalue weighted by molar-refractivity contribution is 5.77. The van der Waals surface area contributed by atoms with E-state index in [1.807, 2.05) is 0 Å². The van der Waals surface area contributed by atoms with Crippen molar-refractivity contribution < 1.29 is 14.3 Å². The first-order valence-electron chi connectivity index (χ1n) is 2.00. The van der Waals surface area contributed by atoms with Gasteiger partial charge >= 0.3 is 6.47 Å². The van der Waals surface area contributed by atoms with Gasteiger partial charge in [-0.2, -0.15) is 0 Å². The summed E-state index contributed by atoms with van der Waals surface area (Å²) in [5.41, 5.74) is 0. The molecule has 1 radical (unpaired) electrons. The van der Waals surface area contributed by atoms with E-state index in [-0.39, 0.29) is 12.5 Å². The molecule has 4 heteroatoms. The average Bonchev–Trinajstić information content (AvgIpc) is 1.83. The zero-order valence-corrected chi connectivity index (χ0v) is 4.43. The van der Waals surface area contributed by atoms with Crippen molar-refractivity contribution in [3.05, 3.63) is 0 Å². The fourth-order valence-corrected chi connectivity index (χ4v) is 0.167. The first-order chi connectivity index (χ1) is 3.81. The summed E-state index contributed by atoms with van der Waals surface area (Å²) in [6, 6.07) is 0. The molecule has 1 N–H and O–H groups in total. The zero-order chi connectivity index (χ0) is 6.41. The van der Waals surface area contributed by atoms with E-state index in [1.54, 1.807) is 0 Å². The molecule has 0 aromatic rings. The van der Waals surface area contributed by atoms with Crippen LogP contribution in [0.2, 0.25) is 0 Å². The molecule has 0 fully saturated rings. The summed E-state index contributed by atoms with van der Waals surface area (Å²) in [5, 5.41) is 2.26. The Morgan fingerprint density at radius 1 is 1.88 bits per heavy atom. The minimum atomic E-state index is -0.339. The van der Waals surface area contributed by atoms with Gasteiger partial charge in [0.2, 0.25) is 0 Å². The second-order valence-electron chi connectivity index (χ2n) is 1.05. The lowest BCUT2D eigenvalue weighted by Crippen LogP contribution is -2.22. The van der Waals surface area contributed by atoms with Crippen molar-refractivity contribution in [2.75, 3.05) is 13.7 Å². The Kier molecular flexibility index (Phi) is 3.56. The molecule has 0 rings (SSSR count). The standard InChI is InChI=1S/C4H6NO3/c1-5-4(7)2-8-3-6/h2H2,1H3,(H,5,7). The number of rotatable bonds is 3. The van der Waals surface area contributed by atoms with Gasteiger partial charge in [-0.25, -0.2) is 4.79 Å². The minimum absolute atomic E-state index is 0.250. The van der Waals surface area contributed by atoms with E-state index in [9.17, 15) is 9.59 Å². The second-order valence-corrected chi connectivity index (χ2v) is 1.05. The van der Waals surface area contributed by atoms with Crippen LogP contribution in [0.25, 0.3) is 0 Å². The maximum absolute atomic E-state index is 10.2. The third kappa shape index (κ3) is 3.14. The summed E-state index contributed by atoms with van der Waals surface area (Å²) in [5.74, 6) is -0.339. The van der Waals surface area contributed by atoms with E-state index >= 15 is 0 Å². The average molecular weight is 116 g/mol. The molecule has 1 amide bonds. The Labute approximate surface area is 46.8 Å². The number of amides is 1. The predicted molar refractivity (Wildman–Crippen MR) is 25.7 cm³/mol. The number of carbonyl (C=O) groups excluding carboxylic acids is 2. The summed E-state index contributed by atoms with van der Waals surface area (Å²) in [6.45, 7) is 0.872. The summed E-state index contributed by atoms with van der Waals surface area (Å²) < 4.78 is 3.97. The molecule has 0 spiro atoms. The first-order valence-corrected chi connectivity index (χ1v) is 2.00. The maximum Gasteiger partial charge on any atom is 0.418 e. The van der Waals surface area contributed by atoms with Gasteiger partial charge in [0.05, 0.1) is 0 Å². The molecule has 0 aromatic heterocycles. The van der Waals surface area contributed by atoms with E-state index < -0.39 is 0 Å². The number of hydrogen-bond acceptors (Lipinski definition) is 3. The molecule has 0 saturated carbocycles. The molecule has 0 saturated heterocycles. The molecule has 0 atom stereocenters. The number of hydrogen-bond donors (Lipinski definition) is 1. The van der Waals surface area contributed by atoms with Crippen LogP contribution in [0.4, 0.5) is 0 Å². The fraction of sp³-hybridized carbons (Fsp3) is 0.500. The van der Waals surface area contributed by atoms with Crippen molar-refractivity contribution in [1.82, 2.24) is 5.32 Å². The van der Waals surface area contributed by atoms with Crippen LogP contribution >= 0.6 is 0 Å². The number of likely N-dealkylation sites (N-methyl/N-ethyl adjacent to an activating group) is 1. The van der Waals surface area contributed by atoms with E-state index in [4.69, 9.17) is 0 Å². The molecule has 8 heavy (non-hydrogen) atoms. The smallest absolute Gasteiger partial charge is 0.418 e. The van der Waals surface area contributed by atoms with Gasteiger partial charge < -0.3 is 10.1 Å². The number of ether oxygens (including phenoxy) is 1. The van der Waals surface area contributed by atoms with Gasteiger partial charge in [0.25, 0.3) is 5.91 Å². The first kappa shape index (κ1) is 6.94. The van der Waals surface area contributed by atoms with Crippen LogP contribution in [-0.4, -0.2) is 26.0 Å². The Morgan fingerprint density at radius 2 is 2.50 bits per heavy atom. The molecule has 0 bridgehead atoms. The van der Waals surface area contributed by atoms with E-state index in [1.165, 1.54) is 7.05 Å². The fourth-order valence-electron chi connectivity index (χ4n) is 0.167. The molecule has 0 aliphatic heterocycles. The van der Waals surface area contributed by atoms with Crippen molar-refractivity contribution in [1.29, 1.82) is 0 Å². The number of nitrogens with one attached hydrogen (secondary N) is 1. The Hall–Kier alpha value is -1.06. The van der Waals surface area contributed by atoms with Gasteiger partial charge in [0.1, 0.15) is 0 Å². The summed E-state index contributed by atoms with van der Waals surface area (Å²) in [4.78, 5) is 19.5. The molecule has 0 aromatic carbocycles. The Morgan fingerprint density at radius 3 is 2.88 bits per heavy atom. The van der Waals surface area contributed by atoms with Gasteiger partial charge in [0, 0.05) is 7.05 Å². The largest absolute Gasteiger partial charge is 0.447 e. The van der Waals surface area contributed by atoms with Gasteiger partial charge in [-0.3, -0.25) is 4.79 Å². The van der Waals surface area contributed by atoms with Crippen molar-refractivity contribution in [2.45, 2.75) is 0 Å². The van der Waals surface area contributed by atoms with Crippen molar-refractivity contribution in [3.63, 3.8) is 0 Å². The monoisotopic (exact) mass is 116 g/mol. The zero-order valence-electron chi connectivity index (χ0n) is 4.43. The molecule has 0 unspecified atom stereocenters. The highest BCUT2D eigenvalue weighted by atomic mass is 16.5. The third-order valence-corrected chi connectivity index (χ3v) is 0.541. The summed E-state index contributed by atoms with van der Waals surface area (Å²) in [7, 11) is 1.45. The van der Waals surface area contributed by atoms with Crippen molar-refractivity contribution >= 4 is 12.4 Å². The van der Waals surface area contributed by atoms with Crippen LogP contribution in [0, 0.1) is 0 Å². The normalized spacial score (nSPS) is 7.62. The van der Waals surface area contributed by atoms with E-state index in [2.05, 4.69) is 10.1 Å². The van der Waals surface area contributed by atoms with Crippen LogP contribution in [0.1, 0.15) is 0 Å². The van der Waals surface area contributed by atoms with Gasteiger partial charge in [-0.05, 0) is 0 Å². The van der Waals surface area contributed by atoms with Crippen LogP contribution in [0.3, 0.4) is 0 Å². The number of carbonyl (C=O) groups is 1. The summed E-state index contributed by atoms with van der Waals surface area (Å²) >= 11 is 0. The second kappa shape index (κ2) is 4.11. The molecular weight excluding hydrogens is 110 g/mol. The van der Waals surface area contributed by atoms with Gasteiger partial charge in [-0.15, -0.1) is 0 Å². The lowest BCUT2D eigenvalue weighted by Gasteiger charge is -1.92. The van der Waals surface area contributed by atoms with Gasteiger partial charge in [0.15, 0.2) is 6.61 Å². The van der Waals surface area contributed by atoms with Crippen LogP contribution in [0.15, 0.2) is 0 Å². The molecule has 0 heterocycles. The van der Waals surface area contributed by atoms with Crippen molar-refractivity contribution in [2.24, 2.45) is 0 Å². The van der Waals surface area contributed by atoms with E-state index in [0.29, 0.717) is 0 Å². The lowest BCUT2D eigenvalue weighted by molar-refractivity contribution is -0.122. The third-order valence-electron chi connectivity index (χ3n) is 0.541. The Bertz CT molecular complexity index is 91.3. The summed E-state index contributed by atoms with van der Waals surface area (Å²) in [6.07, 6.45) is 0. The van der Waals surface area contributed by atoms with Crippen LogP contribution in [0.5, 0.6) is 0 Å². The molecule has 0 aliphatic carbocycles. The van der Waals surface area contributed by atoms with Crippen LogP contribution < -0.4 is 5.32 Å².